The number of carboxylic acid groups (broad SMARTS) is 1. The molecule has 20 heavy (non-hydrogen) atoms. The Bertz CT molecular complexity index is 848. The molecular formula is C14H10N2O4. The van der Waals surface area contributed by atoms with E-state index in [9.17, 15) is 9.59 Å². The first-order chi connectivity index (χ1) is 9.65. The second kappa shape index (κ2) is 4.65. The number of carbonyl (C=O) groups is 1. The van der Waals surface area contributed by atoms with Crippen LogP contribution in [0.15, 0.2) is 51.8 Å². The van der Waals surface area contributed by atoms with Gasteiger partial charge in [0.25, 0.3) is 5.56 Å². The minimum absolute atomic E-state index is 0.147. The van der Waals surface area contributed by atoms with Crippen LogP contribution in [0.1, 0.15) is 16.3 Å². The third kappa shape index (κ3) is 2.07. The molecule has 0 saturated carbocycles. The van der Waals surface area contributed by atoms with Gasteiger partial charge in [-0.2, -0.15) is 0 Å². The fourth-order valence-electron chi connectivity index (χ4n) is 2.01. The van der Waals surface area contributed by atoms with Gasteiger partial charge in [0.05, 0.1) is 23.8 Å². The Morgan fingerprint density at radius 3 is 2.80 bits per heavy atom. The maximum Gasteiger partial charge on any atom is 0.371 e. The molecule has 0 atom stereocenters. The smallest absolute Gasteiger partial charge is 0.371 e. The SMILES string of the molecule is O=C(O)c1ccc(Cn2c(=O)cnc3ccccc32)o1. The molecule has 2 heterocycles. The van der Waals surface area contributed by atoms with Crippen LogP contribution in [-0.4, -0.2) is 20.6 Å². The summed E-state index contributed by atoms with van der Waals surface area (Å²) in [6.07, 6.45) is 1.24. The summed E-state index contributed by atoms with van der Waals surface area (Å²) in [5.41, 5.74) is 1.10. The van der Waals surface area contributed by atoms with E-state index in [2.05, 4.69) is 4.98 Å². The molecule has 0 radical (unpaired) electrons. The fraction of sp³-hybridized carbons (Fsp3) is 0.0714. The van der Waals surface area contributed by atoms with E-state index in [1.807, 2.05) is 12.1 Å². The van der Waals surface area contributed by atoms with E-state index in [0.29, 0.717) is 16.8 Å². The first-order valence-corrected chi connectivity index (χ1v) is 5.92. The predicted octanol–water partition coefficient (Wildman–Crippen LogP) is 1.74. The van der Waals surface area contributed by atoms with Gasteiger partial charge in [-0.3, -0.25) is 9.36 Å². The van der Waals surface area contributed by atoms with E-state index >= 15 is 0 Å². The molecule has 0 bridgehead atoms. The number of fused-ring (bicyclic) bond motifs is 1. The van der Waals surface area contributed by atoms with Crippen LogP contribution >= 0.6 is 0 Å². The number of carboxylic acids is 1. The van der Waals surface area contributed by atoms with E-state index in [1.165, 1.54) is 16.8 Å². The molecule has 6 nitrogen and oxygen atoms in total. The van der Waals surface area contributed by atoms with Crippen molar-refractivity contribution >= 4 is 17.0 Å². The van der Waals surface area contributed by atoms with Gasteiger partial charge >= 0.3 is 5.97 Å². The monoisotopic (exact) mass is 270 g/mol. The molecule has 0 aliphatic carbocycles. The Hall–Kier alpha value is -2.89. The lowest BCUT2D eigenvalue weighted by Gasteiger charge is -2.07. The summed E-state index contributed by atoms with van der Waals surface area (Å²) in [5, 5.41) is 8.82. The Labute approximate surface area is 112 Å². The minimum atomic E-state index is -1.14. The second-order valence-electron chi connectivity index (χ2n) is 4.24. The zero-order valence-corrected chi connectivity index (χ0v) is 10.3. The largest absolute Gasteiger partial charge is 0.475 e. The number of aromatic nitrogens is 2. The van der Waals surface area contributed by atoms with Crippen molar-refractivity contribution in [3.63, 3.8) is 0 Å². The lowest BCUT2D eigenvalue weighted by atomic mass is 10.3. The molecule has 0 unspecified atom stereocenters. The molecule has 0 aliphatic rings. The van der Waals surface area contributed by atoms with E-state index in [4.69, 9.17) is 9.52 Å². The Balaban J connectivity index is 2.07. The van der Waals surface area contributed by atoms with Gasteiger partial charge in [0, 0.05) is 0 Å². The summed E-state index contributed by atoms with van der Waals surface area (Å²) in [7, 11) is 0. The Morgan fingerprint density at radius 2 is 2.05 bits per heavy atom. The van der Waals surface area contributed by atoms with E-state index in [-0.39, 0.29) is 17.9 Å². The van der Waals surface area contributed by atoms with Crippen LogP contribution in [0.5, 0.6) is 0 Å². The molecule has 0 fully saturated rings. The van der Waals surface area contributed by atoms with Crippen molar-refractivity contribution in [2.75, 3.05) is 0 Å². The van der Waals surface area contributed by atoms with E-state index < -0.39 is 5.97 Å². The zero-order valence-electron chi connectivity index (χ0n) is 10.3. The van der Waals surface area contributed by atoms with Crippen molar-refractivity contribution < 1.29 is 14.3 Å². The molecule has 3 aromatic rings. The first-order valence-electron chi connectivity index (χ1n) is 5.92. The second-order valence-corrected chi connectivity index (χ2v) is 4.24. The van der Waals surface area contributed by atoms with Gasteiger partial charge < -0.3 is 9.52 Å². The van der Waals surface area contributed by atoms with Gasteiger partial charge in [-0.1, -0.05) is 12.1 Å². The van der Waals surface area contributed by atoms with Crippen LogP contribution in [-0.2, 0) is 6.54 Å². The molecule has 0 spiro atoms. The maximum absolute atomic E-state index is 11.9. The van der Waals surface area contributed by atoms with E-state index in [1.54, 1.807) is 18.2 Å². The Morgan fingerprint density at radius 1 is 1.25 bits per heavy atom. The average Bonchev–Trinajstić information content (AvgIpc) is 2.91. The fourth-order valence-corrected chi connectivity index (χ4v) is 2.01. The van der Waals surface area contributed by atoms with Crippen LogP contribution in [0.4, 0.5) is 0 Å². The lowest BCUT2D eigenvalue weighted by molar-refractivity contribution is 0.0660. The highest BCUT2D eigenvalue weighted by atomic mass is 16.4. The van der Waals surface area contributed by atoms with Gasteiger partial charge in [0.1, 0.15) is 5.76 Å². The van der Waals surface area contributed by atoms with Crippen LogP contribution in [0.3, 0.4) is 0 Å². The summed E-state index contributed by atoms with van der Waals surface area (Å²) in [6.45, 7) is 0.162. The third-order valence-electron chi connectivity index (χ3n) is 2.94. The summed E-state index contributed by atoms with van der Waals surface area (Å²) in [4.78, 5) is 26.8. The third-order valence-corrected chi connectivity index (χ3v) is 2.94. The molecule has 6 heteroatoms. The molecule has 0 amide bonds. The summed E-state index contributed by atoms with van der Waals surface area (Å²) >= 11 is 0. The number of hydrogen-bond acceptors (Lipinski definition) is 4. The van der Waals surface area contributed by atoms with Crippen molar-refractivity contribution in [2.24, 2.45) is 0 Å². The Kier molecular flexibility index (Phi) is 2.83. The number of hydrogen-bond donors (Lipinski definition) is 1. The van der Waals surface area contributed by atoms with Crippen molar-refractivity contribution in [3.05, 3.63) is 64.5 Å². The predicted molar refractivity (Wildman–Crippen MR) is 70.8 cm³/mol. The highest BCUT2D eigenvalue weighted by molar-refractivity contribution is 5.84. The standard InChI is InChI=1S/C14H10N2O4/c17-13-7-15-10-3-1-2-4-11(10)16(13)8-9-5-6-12(20-9)14(18)19/h1-7H,8H2,(H,18,19). The van der Waals surface area contributed by atoms with E-state index in [0.717, 1.165) is 0 Å². The van der Waals surface area contributed by atoms with Gasteiger partial charge in [0.15, 0.2) is 0 Å². The van der Waals surface area contributed by atoms with Gasteiger partial charge in [0.2, 0.25) is 5.76 Å². The molecule has 1 aromatic carbocycles. The van der Waals surface area contributed by atoms with Gasteiger partial charge in [-0.05, 0) is 24.3 Å². The topological polar surface area (TPSA) is 85.3 Å². The van der Waals surface area contributed by atoms with Crippen molar-refractivity contribution in [3.8, 4) is 0 Å². The molecule has 2 aromatic heterocycles. The highest BCUT2D eigenvalue weighted by Gasteiger charge is 2.11. The molecule has 0 saturated heterocycles. The lowest BCUT2D eigenvalue weighted by Crippen LogP contribution is -2.20. The number of aromatic carboxylic acids is 1. The molecule has 3 rings (SSSR count). The molecular weight excluding hydrogens is 260 g/mol. The van der Waals surface area contributed by atoms with Crippen LogP contribution in [0.2, 0.25) is 0 Å². The van der Waals surface area contributed by atoms with Crippen LogP contribution in [0, 0.1) is 0 Å². The molecule has 0 aliphatic heterocycles. The number of benzene rings is 1. The van der Waals surface area contributed by atoms with Crippen molar-refractivity contribution in [1.29, 1.82) is 0 Å². The molecule has 1 N–H and O–H groups in total. The van der Waals surface area contributed by atoms with Gasteiger partial charge in [-0.25, -0.2) is 9.78 Å². The zero-order chi connectivity index (χ0) is 14.1. The van der Waals surface area contributed by atoms with Crippen molar-refractivity contribution in [1.82, 2.24) is 9.55 Å². The summed E-state index contributed by atoms with van der Waals surface area (Å²) in [6, 6.07) is 10.1. The first kappa shape index (κ1) is 12.2. The minimum Gasteiger partial charge on any atom is -0.475 e. The number of furan rings is 1. The number of rotatable bonds is 3. The van der Waals surface area contributed by atoms with Gasteiger partial charge in [-0.15, -0.1) is 0 Å². The summed E-state index contributed by atoms with van der Waals surface area (Å²) < 4.78 is 6.67. The van der Waals surface area contributed by atoms with Crippen molar-refractivity contribution in [2.45, 2.75) is 6.54 Å². The average molecular weight is 270 g/mol. The molecule has 100 valence electrons. The number of para-hydroxylation sites is 2. The summed E-state index contributed by atoms with van der Waals surface area (Å²) in [5.74, 6) is -0.879. The normalized spacial score (nSPS) is 10.8. The quantitative estimate of drug-likeness (QED) is 0.783. The maximum atomic E-state index is 11.9. The highest BCUT2D eigenvalue weighted by Crippen LogP contribution is 2.13. The van der Waals surface area contributed by atoms with Crippen LogP contribution < -0.4 is 5.56 Å². The number of nitrogens with zero attached hydrogens (tertiary/aromatic N) is 2. The van der Waals surface area contributed by atoms with Crippen LogP contribution in [0.25, 0.3) is 11.0 Å².